The van der Waals surface area contributed by atoms with Crippen molar-refractivity contribution >= 4 is 17.3 Å². The van der Waals surface area contributed by atoms with Crippen molar-refractivity contribution in [1.29, 1.82) is 5.26 Å². The van der Waals surface area contributed by atoms with E-state index in [2.05, 4.69) is 5.32 Å². The largest absolute Gasteiger partial charge is 0.479 e. The minimum absolute atomic E-state index is 0.0659. The molecule has 2 rings (SSSR count). The summed E-state index contributed by atoms with van der Waals surface area (Å²) in [5, 5.41) is 12.5. The second-order valence-corrected chi connectivity index (χ2v) is 4.78. The highest BCUT2D eigenvalue weighted by molar-refractivity contribution is 6.33. The molecule has 2 aromatic rings. The van der Waals surface area contributed by atoms with Crippen LogP contribution in [-0.4, -0.2) is 6.61 Å². The molecule has 2 aromatic carbocycles. The summed E-state index contributed by atoms with van der Waals surface area (Å²) >= 11 is 6.17. The van der Waals surface area contributed by atoms with E-state index in [1.54, 1.807) is 0 Å². The van der Waals surface area contributed by atoms with Crippen LogP contribution < -0.4 is 10.1 Å². The summed E-state index contributed by atoms with van der Waals surface area (Å²) in [7, 11) is 0. The van der Waals surface area contributed by atoms with Crippen molar-refractivity contribution in [3.05, 3.63) is 58.6 Å². The molecular weight excluding hydrogens is 272 g/mol. The second-order valence-electron chi connectivity index (χ2n) is 4.38. The Morgan fingerprint density at radius 2 is 1.95 bits per heavy atom. The summed E-state index contributed by atoms with van der Waals surface area (Å²) in [4.78, 5) is 0. The van der Waals surface area contributed by atoms with E-state index in [-0.39, 0.29) is 6.61 Å². The Kier molecular flexibility index (Phi) is 4.86. The molecule has 20 heavy (non-hydrogen) atoms. The molecule has 102 valence electrons. The lowest BCUT2D eigenvalue weighted by molar-refractivity contribution is 0.368. The predicted octanol–water partition coefficient (Wildman–Crippen LogP) is 4.16. The molecular formula is C16H15ClN2O. The van der Waals surface area contributed by atoms with Crippen LogP contribution in [0.4, 0.5) is 5.69 Å². The fourth-order valence-corrected chi connectivity index (χ4v) is 2.15. The number of nitrogens with zero attached hydrogens (tertiary/aromatic N) is 1. The van der Waals surface area contributed by atoms with Gasteiger partial charge >= 0.3 is 0 Å². The molecule has 4 heteroatoms. The lowest BCUT2D eigenvalue weighted by Gasteiger charge is -2.11. The van der Waals surface area contributed by atoms with E-state index in [1.165, 1.54) is 0 Å². The summed E-state index contributed by atoms with van der Waals surface area (Å²) in [6, 6.07) is 15.4. The molecule has 0 aliphatic heterocycles. The Labute approximate surface area is 123 Å². The third-order valence-corrected chi connectivity index (χ3v) is 3.23. The van der Waals surface area contributed by atoms with E-state index in [1.807, 2.05) is 55.5 Å². The lowest BCUT2D eigenvalue weighted by Crippen LogP contribution is -2.02. The number of halogens is 1. The van der Waals surface area contributed by atoms with Gasteiger partial charge in [-0.25, -0.2) is 0 Å². The van der Waals surface area contributed by atoms with Crippen molar-refractivity contribution in [3.8, 4) is 11.8 Å². The molecule has 0 saturated heterocycles. The van der Waals surface area contributed by atoms with Crippen LogP contribution in [0, 0.1) is 18.3 Å². The van der Waals surface area contributed by atoms with E-state index in [9.17, 15) is 0 Å². The molecule has 1 N–H and O–H groups in total. The fourth-order valence-electron chi connectivity index (χ4n) is 1.87. The molecule has 0 aromatic heterocycles. The van der Waals surface area contributed by atoms with E-state index in [0.29, 0.717) is 12.3 Å². The van der Waals surface area contributed by atoms with Crippen LogP contribution in [-0.2, 0) is 6.54 Å². The van der Waals surface area contributed by atoms with Crippen LogP contribution in [0.2, 0.25) is 5.02 Å². The van der Waals surface area contributed by atoms with Gasteiger partial charge in [-0.1, -0.05) is 35.9 Å². The average Bonchev–Trinajstić information content (AvgIpc) is 2.46. The minimum atomic E-state index is 0.0659. The zero-order chi connectivity index (χ0) is 14.4. The zero-order valence-electron chi connectivity index (χ0n) is 11.2. The van der Waals surface area contributed by atoms with Gasteiger partial charge in [0.05, 0.1) is 10.7 Å². The van der Waals surface area contributed by atoms with Gasteiger partial charge in [-0.05, 0) is 36.2 Å². The molecule has 0 spiro atoms. The van der Waals surface area contributed by atoms with E-state index in [4.69, 9.17) is 21.6 Å². The third-order valence-electron chi connectivity index (χ3n) is 2.92. The van der Waals surface area contributed by atoms with Gasteiger partial charge in [0, 0.05) is 6.54 Å². The van der Waals surface area contributed by atoms with Gasteiger partial charge in [-0.15, -0.1) is 0 Å². The van der Waals surface area contributed by atoms with Crippen LogP contribution in [0.5, 0.6) is 5.75 Å². The monoisotopic (exact) mass is 286 g/mol. The number of ether oxygens (including phenoxy) is 1. The Bertz CT molecular complexity index is 597. The topological polar surface area (TPSA) is 45.0 Å². The van der Waals surface area contributed by atoms with Crippen LogP contribution >= 0.6 is 11.6 Å². The van der Waals surface area contributed by atoms with E-state index >= 15 is 0 Å². The second kappa shape index (κ2) is 6.83. The number of rotatable bonds is 5. The first kappa shape index (κ1) is 14.2. The van der Waals surface area contributed by atoms with Crippen LogP contribution in [0.15, 0.2) is 42.5 Å². The van der Waals surface area contributed by atoms with Crippen LogP contribution in [0.25, 0.3) is 0 Å². The number of nitrogens with one attached hydrogen (secondary N) is 1. The lowest BCUT2D eigenvalue weighted by atomic mass is 10.1. The zero-order valence-corrected chi connectivity index (χ0v) is 11.9. The minimum Gasteiger partial charge on any atom is -0.479 e. The molecule has 0 aliphatic rings. The molecule has 0 saturated carbocycles. The summed E-state index contributed by atoms with van der Waals surface area (Å²) in [6.45, 7) is 2.77. The maximum Gasteiger partial charge on any atom is 0.174 e. The van der Waals surface area contributed by atoms with Gasteiger partial charge in [-0.2, -0.15) is 5.26 Å². The summed E-state index contributed by atoms with van der Waals surface area (Å²) in [5.41, 5.74) is 3.19. The first-order chi connectivity index (χ1) is 9.70. The molecule has 0 bridgehead atoms. The highest BCUT2D eigenvalue weighted by atomic mass is 35.5. The molecule has 0 amide bonds. The van der Waals surface area contributed by atoms with Gasteiger partial charge in [-0.3, -0.25) is 0 Å². The fraction of sp³-hybridized carbons (Fsp3) is 0.188. The molecule has 0 fully saturated rings. The number of anilines is 1. The van der Waals surface area contributed by atoms with Gasteiger partial charge in [0.1, 0.15) is 11.8 Å². The van der Waals surface area contributed by atoms with Crippen molar-refractivity contribution < 1.29 is 4.74 Å². The summed E-state index contributed by atoms with van der Waals surface area (Å²) in [5.74, 6) is 0.698. The number of hydrogen-bond donors (Lipinski definition) is 1. The molecule has 3 nitrogen and oxygen atoms in total. The summed E-state index contributed by atoms with van der Waals surface area (Å²) in [6.07, 6.45) is 0. The van der Waals surface area contributed by atoms with Gasteiger partial charge in [0.2, 0.25) is 0 Å². The Balaban J connectivity index is 1.99. The molecule has 0 heterocycles. The normalized spacial score (nSPS) is 9.85. The number of para-hydroxylation sites is 1. The van der Waals surface area contributed by atoms with Crippen molar-refractivity contribution in [3.63, 3.8) is 0 Å². The van der Waals surface area contributed by atoms with Crippen molar-refractivity contribution in [2.24, 2.45) is 0 Å². The standard InChI is InChI=1S/C16H15ClN2O/c1-12-3-2-4-15(17)16(12)19-11-13-5-7-14(8-6-13)20-10-9-18/h2-8,19H,10-11H2,1H3. The number of nitriles is 1. The molecule has 0 radical (unpaired) electrons. The first-order valence-electron chi connectivity index (χ1n) is 6.28. The summed E-state index contributed by atoms with van der Waals surface area (Å²) < 4.78 is 5.21. The van der Waals surface area contributed by atoms with E-state index in [0.717, 1.165) is 21.8 Å². The van der Waals surface area contributed by atoms with Gasteiger partial charge < -0.3 is 10.1 Å². The third kappa shape index (κ3) is 3.66. The maximum absolute atomic E-state index is 8.45. The molecule has 0 unspecified atom stereocenters. The quantitative estimate of drug-likeness (QED) is 0.897. The number of hydrogen-bond acceptors (Lipinski definition) is 3. The SMILES string of the molecule is Cc1cccc(Cl)c1NCc1ccc(OCC#N)cc1. The van der Waals surface area contributed by atoms with Crippen molar-refractivity contribution in [2.45, 2.75) is 13.5 Å². The smallest absolute Gasteiger partial charge is 0.174 e. The van der Waals surface area contributed by atoms with Crippen molar-refractivity contribution in [1.82, 2.24) is 0 Å². The highest BCUT2D eigenvalue weighted by Gasteiger charge is 2.03. The van der Waals surface area contributed by atoms with Crippen LogP contribution in [0.1, 0.15) is 11.1 Å². The highest BCUT2D eigenvalue weighted by Crippen LogP contribution is 2.25. The first-order valence-corrected chi connectivity index (χ1v) is 6.66. The molecule has 0 aliphatic carbocycles. The molecule has 0 atom stereocenters. The van der Waals surface area contributed by atoms with E-state index < -0.39 is 0 Å². The number of aryl methyl sites for hydroxylation is 1. The van der Waals surface area contributed by atoms with Crippen LogP contribution in [0.3, 0.4) is 0 Å². The average molecular weight is 287 g/mol. The predicted molar refractivity (Wildman–Crippen MR) is 81.1 cm³/mol. The van der Waals surface area contributed by atoms with Gasteiger partial charge in [0.15, 0.2) is 6.61 Å². The maximum atomic E-state index is 8.45. The Morgan fingerprint density at radius 1 is 1.20 bits per heavy atom. The Morgan fingerprint density at radius 3 is 2.60 bits per heavy atom. The number of benzene rings is 2. The Hall–Kier alpha value is -2.18. The van der Waals surface area contributed by atoms with Gasteiger partial charge in [0.25, 0.3) is 0 Å². The van der Waals surface area contributed by atoms with Crippen molar-refractivity contribution in [2.75, 3.05) is 11.9 Å².